The van der Waals surface area contributed by atoms with Crippen LogP contribution in [-0.2, 0) is 6.54 Å². The van der Waals surface area contributed by atoms with Crippen LogP contribution in [-0.4, -0.2) is 19.8 Å². The lowest BCUT2D eigenvalue weighted by Gasteiger charge is -2.28. The maximum atomic E-state index is 6.32. The SMILES string of the molecule is Cc1cccc2c1OCC[C@H]2NCc1cc(Cl)c2c(c1)OCCO2. The van der Waals surface area contributed by atoms with E-state index in [9.17, 15) is 0 Å². The second-order valence-corrected chi connectivity index (χ2v) is 6.57. The molecular formula is C19H20ClNO3. The second kappa shape index (κ2) is 6.54. The lowest BCUT2D eigenvalue weighted by Crippen LogP contribution is -2.27. The first kappa shape index (κ1) is 15.6. The molecule has 2 aliphatic heterocycles. The highest BCUT2D eigenvalue weighted by atomic mass is 35.5. The summed E-state index contributed by atoms with van der Waals surface area (Å²) in [5.41, 5.74) is 3.50. The second-order valence-electron chi connectivity index (χ2n) is 6.17. The lowest BCUT2D eigenvalue weighted by molar-refractivity contribution is 0.171. The van der Waals surface area contributed by atoms with Crippen molar-refractivity contribution in [3.8, 4) is 17.2 Å². The largest absolute Gasteiger partial charge is 0.493 e. The van der Waals surface area contributed by atoms with Crippen molar-refractivity contribution < 1.29 is 14.2 Å². The molecule has 0 spiro atoms. The van der Waals surface area contributed by atoms with Crippen LogP contribution in [0.4, 0.5) is 0 Å². The molecule has 2 heterocycles. The number of para-hydroxylation sites is 1. The highest BCUT2D eigenvalue weighted by Gasteiger charge is 2.23. The van der Waals surface area contributed by atoms with Crippen LogP contribution in [0, 0.1) is 6.92 Å². The fraction of sp³-hybridized carbons (Fsp3) is 0.368. The Morgan fingerprint density at radius 1 is 1.08 bits per heavy atom. The van der Waals surface area contributed by atoms with Crippen LogP contribution in [0.2, 0.25) is 5.02 Å². The summed E-state index contributed by atoms with van der Waals surface area (Å²) in [5, 5.41) is 4.22. The minimum absolute atomic E-state index is 0.278. The van der Waals surface area contributed by atoms with Crippen LogP contribution in [0.15, 0.2) is 30.3 Å². The van der Waals surface area contributed by atoms with Crippen molar-refractivity contribution in [2.45, 2.75) is 25.9 Å². The maximum Gasteiger partial charge on any atom is 0.179 e. The van der Waals surface area contributed by atoms with Gasteiger partial charge in [-0.1, -0.05) is 29.8 Å². The summed E-state index contributed by atoms with van der Waals surface area (Å²) < 4.78 is 17.1. The molecule has 0 bridgehead atoms. The van der Waals surface area contributed by atoms with Crippen LogP contribution in [0.25, 0.3) is 0 Å². The first-order chi connectivity index (χ1) is 11.7. The average Bonchev–Trinajstić information content (AvgIpc) is 2.60. The summed E-state index contributed by atoms with van der Waals surface area (Å²) in [6.45, 7) is 4.64. The Hall–Kier alpha value is -1.91. The van der Waals surface area contributed by atoms with E-state index in [-0.39, 0.29) is 6.04 Å². The van der Waals surface area contributed by atoms with E-state index in [4.69, 9.17) is 25.8 Å². The van der Waals surface area contributed by atoms with Gasteiger partial charge in [-0.2, -0.15) is 0 Å². The van der Waals surface area contributed by atoms with Gasteiger partial charge in [-0.05, 0) is 30.2 Å². The van der Waals surface area contributed by atoms with Crippen molar-refractivity contribution in [1.29, 1.82) is 0 Å². The Bertz CT molecular complexity index is 763. The molecule has 0 amide bonds. The predicted octanol–water partition coefficient (Wildman–Crippen LogP) is 4.03. The Morgan fingerprint density at radius 2 is 1.92 bits per heavy atom. The van der Waals surface area contributed by atoms with Crippen LogP contribution in [0.3, 0.4) is 0 Å². The Labute approximate surface area is 146 Å². The molecule has 126 valence electrons. The first-order valence-electron chi connectivity index (χ1n) is 8.26. The number of fused-ring (bicyclic) bond motifs is 2. The summed E-state index contributed by atoms with van der Waals surface area (Å²) in [4.78, 5) is 0. The molecular weight excluding hydrogens is 326 g/mol. The molecule has 1 atom stereocenters. The number of rotatable bonds is 3. The van der Waals surface area contributed by atoms with Crippen molar-refractivity contribution in [2.75, 3.05) is 19.8 Å². The molecule has 24 heavy (non-hydrogen) atoms. The van der Waals surface area contributed by atoms with Crippen LogP contribution in [0.5, 0.6) is 17.2 Å². The zero-order valence-corrected chi connectivity index (χ0v) is 14.4. The van der Waals surface area contributed by atoms with E-state index >= 15 is 0 Å². The summed E-state index contributed by atoms with van der Waals surface area (Å²) in [6.07, 6.45) is 0.953. The van der Waals surface area contributed by atoms with Crippen LogP contribution >= 0.6 is 11.6 Å². The van der Waals surface area contributed by atoms with Gasteiger partial charge >= 0.3 is 0 Å². The molecule has 0 saturated carbocycles. The molecule has 2 aromatic carbocycles. The number of hydrogen-bond acceptors (Lipinski definition) is 4. The van der Waals surface area contributed by atoms with E-state index < -0.39 is 0 Å². The number of nitrogens with one attached hydrogen (secondary N) is 1. The molecule has 4 rings (SSSR count). The van der Waals surface area contributed by atoms with Crippen molar-refractivity contribution in [1.82, 2.24) is 5.32 Å². The van der Waals surface area contributed by atoms with E-state index in [0.717, 1.165) is 30.1 Å². The van der Waals surface area contributed by atoms with Gasteiger partial charge in [-0.3, -0.25) is 0 Å². The van der Waals surface area contributed by atoms with Gasteiger partial charge in [0, 0.05) is 24.6 Å². The van der Waals surface area contributed by atoms with Crippen LogP contribution < -0.4 is 19.5 Å². The predicted molar refractivity (Wildman–Crippen MR) is 93.3 cm³/mol. The van der Waals surface area contributed by atoms with Crippen molar-refractivity contribution in [2.24, 2.45) is 0 Å². The molecule has 0 fully saturated rings. The maximum absolute atomic E-state index is 6.32. The Morgan fingerprint density at radius 3 is 2.83 bits per heavy atom. The number of hydrogen-bond donors (Lipinski definition) is 1. The van der Waals surface area contributed by atoms with E-state index in [0.29, 0.717) is 30.5 Å². The molecule has 1 N–H and O–H groups in total. The number of halogens is 1. The first-order valence-corrected chi connectivity index (χ1v) is 8.64. The average molecular weight is 346 g/mol. The van der Waals surface area contributed by atoms with Gasteiger partial charge in [0.2, 0.25) is 0 Å². The Kier molecular flexibility index (Phi) is 4.25. The normalized spacial score (nSPS) is 18.7. The van der Waals surface area contributed by atoms with Crippen molar-refractivity contribution in [3.05, 3.63) is 52.0 Å². The lowest BCUT2D eigenvalue weighted by atomic mass is 9.98. The molecule has 5 heteroatoms. The van der Waals surface area contributed by atoms with Gasteiger partial charge in [0.15, 0.2) is 11.5 Å². The zero-order chi connectivity index (χ0) is 16.5. The summed E-state index contributed by atoms with van der Waals surface area (Å²) in [6, 6.07) is 10.5. The summed E-state index contributed by atoms with van der Waals surface area (Å²) in [7, 11) is 0. The highest BCUT2D eigenvalue weighted by molar-refractivity contribution is 6.32. The van der Waals surface area contributed by atoms with Gasteiger partial charge in [-0.25, -0.2) is 0 Å². The molecule has 4 nitrogen and oxygen atoms in total. The molecule has 2 aromatic rings. The van der Waals surface area contributed by atoms with Gasteiger partial charge in [0.05, 0.1) is 11.6 Å². The van der Waals surface area contributed by atoms with E-state index in [2.05, 4.69) is 30.4 Å². The van der Waals surface area contributed by atoms with Gasteiger partial charge in [0.1, 0.15) is 19.0 Å². The summed E-state index contributed by atoms with van der Waals surface area (Å²) >= 11 is 6.32. The molecule has 2 aliphatic rings. The Balaban J connectivity index is 1.52. The quantitative estimate of drug-likeness (QED) is 0.911. The standard InChI is InChI=1S/C19H20ClNO3/c1-12-3-2-4-14-16(5-6-23-18(12)14)21-11-13-9-15(20)19-17(10-13)22-7-8-24-19/h2-4,9-10,16,21H,5-8,11H2,1H3/t16-/m1/s1. The van der Waals surface area contributed by atoms with Crippen molar-refractivity contribution >= 4 is 11.6 Å². The zero-order valence-electron chi connectivity index (χ0n) is 13.6. The number of aryl methyl sites for hydroxylation is 1. The van der Waals surface area contributed by atoms with Gasteiger partial charge in [-0.15, -0.1) is 0 Å². The van der Waals surface area contributed by atoms with Crippen LogP contribution in [0.1, 0.15) is 29.2 Å². The summed E-state index contributed by atoms with van der Waals surface area (Å²) in [5.74, 6) is 2.40. The van der Waals surface area contributed by atoms with Gasteiger partial charge in [0.25, 0.3) is 0 Å². The third kappa shape index (κ3) is 2.92. The molecule has 0 radical (unpaired) electrons. The fourth-order valence-electron chi connectivity index (χ4n) is 3.30. The highest BCUT2D eigenvalue weighted by Crippen LogP contribution is 2.39. The minimum atomic E-state index is 0.278. The van der Waals surface area contributed by atoms with Gasteiger partial charge < -0.3 is 19.5 Å². The van der Waals surface area contributed by atoms with E-state index in [1.54, 1.807) is 0 Å². The molecule has 0 saturated heterocycles. The molecule has 0 aromatic heterocycles. The third-order valence-electron chi connectivity index (χ3n) is 4.48. The van der Waals surface area contributed by atoms with E-state index in [1.807, 2.05) is 12.1 Å². The fourth-order valence-corrected chi connectivity index (χ4v) is 3.59. The number of benzene rings is 2. The molecule has 0 aliphatic carbocycles. The minimum Gasteiger partial charge on any atom is -0.493 e. The van der Waals surface area contributed by atoms with Crippen molar-refractivity contribution in [3.63, 3.8) is 0 Å². The molecule has 0 unspecified atom stereocenters. The monoisotopic (exact) mass is 345 g/mol. The number of ether oxygens (including phenoxy) is 3. The third-order valence-corrected chi connectivity index (χ3v) is 4.76. The topological polar surface area (TPSA) is 39.7 Å². The van der Waals surface area contributed by atoms with E-state index in [1.165, 1.54) is 11.1 Å². The smallest absolute Gasteiger partial charge is 0.179 e.